The molecule has 0 fully saturated rings. The molecular formula is C18H20O. The fourth-order valence-corrected chi connectivity index (χ4v) is 3.13. The maximum atomic E-state index is 10.4. The summed E-state index contributed by atoms with van der Waals surface area (Å²) in [6.07, 6.45) is 1.88. The van der Waals surface area contributed by atoms with Crippen LogP contribution in [0, 0.1) is 5.92 Å². The van der Waals surface area contributed by atoms with Crippen LogP contribution in [0.2, 0.25) is 0 Å². The molecule has 3 rings (SSSR count). The molecule has 0 aromatic heterocycles. The van der Waals surface area contributed by atoms with Gasteiger partial charge in [-0.25, -0.2) is 0 Å². The van der Waals surface area contributed by atoms with Crippen molar-refractivity contribution in [3.8, 4) is 0 Å². The van der Waals surface area contributed by atoms with Crippen molar-refractivity contribution < 1.29 is 5.11 Å². The molecule has 1 aliphatic rings. The maximum Gasteiger partial charge on any atom is 0.0815 e. The molecule has 0 radical (unpaired) electrons. The van der Waals surface area contributed by atoms with Crippen LogP contribution < -0.4 is 0 Å². The molecule has 0 heterocycles. The molecule has 0 saturated carbocycles. The minimum atomic E-state index is -0.353. The Labute approximate surface area is 114 Å². The predicted molar refractivity (Wildman–Crippen MR) is 78.1 cm³/mol. The number of aliphatic hydroxyl groups is 1. The third-order valence-corrected chi connectivity index (χ3v) is 4.30. The second-order valence-corrected chi connectivity index (χ2v) is 5.67. The van der Waals surface area contributed by atoms with Crippen molar-refractivity contribution in [3.05, 3.63) is 71.3 Å². The molecule has 98 valence electrons. The van der Waals surface area contributed by atoms with Gasteiger partial charge in [-0.1, -0.05) is 61.5 Å². The van der Waals surface area contributed by atoms with Crippen LogP contribution in [0.25, 0.3) is 0 Å². The molecule has 1 aliphatic carbocycles. The van der Waals surface area contributed by atoms with Crippen molar-refractivity contribution in [2.45, 2.75) is 31.8 Å². The molecule has 0 aliphatic heterocycles. The van der Waals surface area contributed by atoms with Crippen LogP contribution in [-0.2, 0) is 6.42 Å². The summed E-state index contributed by atoms with van der Waals surface area (Å²) in [5, 5.41) is 10.4. The molecule has 0 bridgehead atoms. The van der Waals surface area contributed by atoms with Gasteiger partial charge in [0.1, 0.15) is 0 Å². The Kier molecular flexibility index (Phi) is 3.39. The maximum absolute atomic E-state index is 10.4. The lowest BCUT2D eigenvalue weighted by atomic mass is 9.72. The van der Waals surface area contributed by atoms with E-state index in [4.69, 9.17) is 0 Å². The Hall–Kier alpha value is -1.60. The minimum absolute atomic E-state index is 0.292. The highest BCUT2D eigenvalue weighted by Crippen LogP contribution is 2.41. The summed E-state index contributed by atoms with van der Waals surface area (Å²) in [6.45, 7) is 2.15. The van der Waals surface area contributed by atoms with Crippen molar-refractivity contribution >= 4 is 0 Å². The molecule has 0 saturated heterocycles. The molecule has 0 spiro atoms. The molecule has 19 heavy (non-hydrogen) atoms. The standard InChI is InChI=1S/C18H20O/c1-13(18(19)14-7-3-2-4-8-14)11-16-12-15-9-5-6-10-17(15)16/h2-10,13,16,18-19H,11-12H2,1H3. The van der Waals surface area contributed by atoms with Gasteiger partial charge >= 0.3 is 0 Å². The summed E-state index contributed by atoms with van der Waals surface area (Å²) >= 11 is 0. The number of benzene rings is 2. The van der Waals surface area contributed by atoms with E-state index in [1.807, 2.05) is 30.3 Å². The number of hydrogen-bond donors (Lipinski definition) is 1. The van der Waals surface area contributed by atoms with Crippen molar-refractivity contribution in [1.82, 2.24) is 0 Å². The van der Waals surface area contributed by atoms with Crippen LogP contribution >= 0.6 is 0 Å². The van der Waals surface area contributed by atoms with E-state index in [0.29, 0.717) is 11.8 Å². The topological polar surface area (TPSA) is 20.2 Å². The van der Waals surface area contributed by atoms with Gasteiger partial charge in [-0.05, 0) is 41.4 Å². The van der Waals surface area contributed by atoms with E-state index in [9.17, 15) is 5.11 Å². The van der Waals surface area contributed by atoms with Gasteiger partial charge < -0.3 is 5.11 Å². The van der Waals surface area contributed by atoms with E-state index in [1.165, 1.54) is 17.5 Å². The second-order valence-electron chi connectivity index (χ2n) is 5.67. The van der Waals surface area contributed by atoms with Gasteiger partial charge in [0, 0.05) is 0 Å². The van der Waals surface area contributed by atoms with Crippen LogP contribution in [0.4, 0.5) is 0 Å². The van der Waals surface area contributed by atoms with Crippen molar-refractivity contribution in [3.63, 3.8) is 0 Å². The summed E-state index contributed by atoms with van der Waals surface area (Å²) in [4.78, 5) is 0. The van der Waals surface area contributed by atoms with E-state index >= 15 is 0 Å². The minimum Gasteiger partial charge on any atom is -0.388 e. The summed E-state index contributed by atoms with van der Waals surface area (Å²) in [6, 6.07) is 18.7. The number of hydrogen-bond acceptors (Lipinski definition) is 1. The first kappa shape index (κ1) is 12.4. The quantitative estimate of drug-likeness (QED) is 0.869. The van der Waals surface area contributed by atoms with E-state index in [-0.39, 0.29) is 6.10 Å². The van der Waals surface area contributed by atoms with Gasteiger partial charge in [-0.15, -0.1) is 0 Å². The number of fused-ring (bicyclic) bond motifs is 1. The molecule has 3 atom stereocenters. The van der Waals surface area contributed by atoms with Gasteiger partial charge in [0.2, 0.25) is 0 Å². The predicted octanol–water partition coefficient (Wildman–Crippen LogP) is 4.09. The molecule has 3 unspecified atom stereocenters. The number of rotatable bonds is 4. The largest absolute Gasteiger partial charge is 0.388 e. The number of aliphatic hydroxyl groups excluding tert-OH is 1. The lowest BCUT2D eigenvalue weighted by Crippen LogP contribution is -2.21. The van der Waals surface area contributed by atoms with Crippen molar-refractivity contribution in [2.75, 3.05) is 0 Å². The Balaban J connectivity index is 1.66. The Morgan fingerprint density at radius 3 is 2.47 bits per heavy atom. The van der Waals surface area contributed by atoms with Crippen LogP contribution in [0.15, 0.2) is 54.6 Å². The average Bonchev–Trinajstić information content (AvgIpc) is 2.44. The smallest absolute Gasteiger partial charge is 0.0815 e. The molecule has 1 heteroatoms. The lowest BCUT2D eigenvalue weighted by molar-refractivity contribution is 0.107. The van der Waals surface area contributed by atoms with Crippen LogP contribution in [0.1, 0.15) is 42.1 Å². The monoisotopic (exact) mass is 252 g/mol. The van der Waals surface area contributed by atoms with Crippen LogP contribution in [-0.4, -0.2) is 5.11 Å². The van der Waals surface area contributed by atoms with E-state index in [2.05, 4.69) is 31.2 Å². The van der Waals surface area contributed by atoms with Gasteiger partial charge in [-0.3, -0.25) is 0 Å². The lowest BCUT2D eigenvalue weighted by Gasteiger charge is -2.33. The van der Waals surface area contributed by atoms with Crippen molar-refractivity contribution in [1.29, 1.82) is 0 Å². The Bertz CT molecular complexity index is 547. The van der Waals surface area contributed by atoms with Gasteiger partial charge in [0.05, 0.1) is 6.10 Å². The van der Waals surface area contributed by atoms with E-state index in [1.54, 1.807) is 0 Å². The Morgan fingerprint density at radius 1 is 1.05 bits per heavy atom. The summed E-state index contributed by atoms with van der Waals surface area (Å²) in [5.74, 6) is 0.922. The van der Waals surface area contributed by atoms with Crippen LogP contribution in [0.3, 0.4) is 0 Å². The first-order valence-electron chi connectivity index (χ1n) is 7.06. The third-order valence-electron chi connectivity index (χ3n) is 4.30. The van der Waals surface area contributed by atoms with Gasteiger partial charge in [-0.2, -0.15) is 0 Å². The fraction of sp³-hybridized carbons (Fsp3) is 0.333. The molecule has 1 N–H and O–H groups in total. The van der Waals surface area contributed by atoms with Gasteiger partial charge in [0.25, 0.3) is 0 Å². The summed E-state index contributed by atoms with van der Waals surface area (Å²) in [7, 11) is 0. The first-order chi connectivity index (χ1) is 9.25. The normalized spacial score (nSPS) is 20.2. The highest BCUT2D eigenvalue weighted by atomic mass is 16.3. The molecule has 1 nitrogen and oxygen atoms in total. The molecule has 0 amide bonds. The molecular weight excluding hydrogens is 232 g/mol. The second kappa shape index (κ2) is 5.18. The fourth-order valence-electron chi connectivity index (χ4n) is 3.13. The highest BCUT2D eigenvalue weighted by molar-refractivity contribution is 5.39. The molecule has 2 aromatic rings. The van der Waals surface area contributed by atoms with E-state index < -0.39 is 0 Å². The first-order valence-corrected chi connectivity index (χ1v) is 7.06. The van der Waals surface area contributed by atoms with Crippen LogP contribution in [0.5, 0.6) is 0 Å². The zero-order valence-electron chi connectivity index (χ0n) is 11.3. The van der Waals surface area contributed by atoms with Crippen molar-refractivity contribution in [2.24, 2.45) is 5.92 Å². The third kappa shape index (κ3) is 2.43. The summed E-state index contributed by atoms with van der Waals surface area (Å²) < 4.78 is 0. The zero-order valence-corrected chi connectivity index (χ0v) is 11.3. The average molecular weight is 252 g/mol. The highest BCUT2D eigenvalue weighted by Gasteiger charge is 2.29. The van der Waals surface area contributed by atoms with Gasteiger partial charge in [0.15, 0.2) is 0 Å². The SMILES string of the molecule is CC(CC1Cc2ccccc21)C(O)c1ccccc1. The Morgan fingerprint density at radius 2 is 1.74 bits per heavy atom. The molecule has 2 aromatic carbocycles. The summed E-state index contributed by atoms with van der Waals surface area (Å²) in [5.41, 5.74) is 3.99. The van der Waals surface area contributed by atoms with E-state index in [0.717, 1.165) is 12.0 Å². The zero-order chi connectivity index (χ0) is 13.2.